The molecule has 1 fully saturated rings. The van der Waals surface area contributed by atoms with Crippen LogP contribution in [0.15, 0.2) is 25.0 Å². The Balaban J connectivity index is 1.93. The van der Waals surface area contributed by atoms with Gasteiger partial charge in [-0.1, -0.05) is 6.58 Å². The Labute approximate surface area is 112 Å². The lowest BCUT2D eigenvalue weighted by atomic mass is 10.2. The number of hydrogen-bond donors (Lipinski definition) is 1. The van der Waals surface area contributed by atoms with Gasteiger partial charge in [-0.05, 0) is 12.5 Å². The fourth-order valence-corrected chi connectivity index (χ4v) is 2.41. The van der Waals surface area contributed by atoms with Crippen molar-refractivity contribution in [3.8, 4) is 0 Å². The zero-order valence-corrected chi connectivity index (χ0v) is 11.1. The highest BCUT2D eigenvalue weighted by molar-refractivity contribution is 5.86. The van der Waals surface area contributed by atoms with Crippen molar-refractivity contribution < 1.29 is 9.18 Å². The first-order valence-electron chi connectivity index (χ1n) is 6.34. The zero-order valence-electron chi connectivity index (χ0n) is 11.1. The minimum atomic E-state index is -0.831. The van der Waals surface area contributed by atoms with E-state index in [1.165, 1.54) is 6.08 Å². The van der Waals surface area contributed by atoms with E-state index in [4.69, 9.17) is 0 Å². The molecule has 2 rings (SSSR count). The molecule has 1 N–H and O–H groups in total. The summed E-state index contributed by atoms with van der Waals surface area (Å²) in [6.45, 7) is 4.91. The van der Waals surface area contributed by atoms with Gasteiger partial charge >= 0.3 is 0 Å². The SMILES string of the molecule is C=CC(=O)NC[C@@H]1C[C@H](F)CN1Cc1cnn(C)c1. The van der Waals surface area contributed by atoms with Crippen LogP contribution in [0.3, 0.4) is 0 Å². The lowest BCUT2D eigenvalue weighted by molar-refractivity contribution is -0.116. The van der Waals surface area contributed by atoms with E-state index in [1.54, 1.807) is 10.9 Å². The van der Waals surface area contributed by atoms with Crippen LogP contribution in [-0.4, -0.2) is 45.9 Å². The Hall–Kier alpha value is -1.69. The van der Waals surface area contributed by atoms with Crippen molar-refractivity contribution in [2.45, 2.75) is 25.2 Å². The Morgan fingerprint density at radius 2 is 2.53 bits per heavy atom. The first kappa shape index (κ1) is 13.7. The van der Waals surface area contributed by atoms with Gasteiger partial charge in [-0.15, -0.1) is 0 Å². The minimum absolute atomic E-state index is 0.0270. The molecule has 0 radical (unpaired) electrons. The normalized spacial score (nSPS) is 23.5. The molecule has 1 aliphatic heterocycles. The molecule has 1 amide bonds. The molecule has 2 heterocycles. The second kappa shape index (κ2) is 5.97. The highest BCUT2D eigenvalue weighted by atomic mass is 19.1. The smallest absolute Gasteiger partial charge is 0.243 e. The maximum atomic E-state index is 13.5. The summed E-state index contributed by atoms with van der Waals surface area (Å²) in [5, 5.41) is 6.83. The van der Waals surface area contributed by atoms with Gasteiger partial charge in [0.2, 0.25) is 5.91 Å². The average molecular weight is 266 g/mol. The largest absolute Gasteiger partial charge is 0.351 e. The molecule has 0 unspecified atom stereocenters. The van der Waals surface area contributed by atoms with Gasteiger partial charge < -0.3 is 5.32 Å². The van der Waals surface area contributed by atoms with Crippen LogP contribution < -0.4 is 5.32 Å². The van der Waals surface area contributed by atoms with Gasteiger partial charge in [-0.3, -0.25) is 14.4 Å². The minimum Gasteiger partial charge on any atom is -0.351 e. The van der Waals surface area contributed by atoms with E-state index < -0.39 is 6.17 Å². The van der Waals surface area contributed by atoms with Crippen molar-refractivity contribution in [2.24, 2.45) is 7.05 Å². The number of rotatable bonds is 5. The lowest BCUT2D eigenvalue weighted by Gasteiger charge is -2.23. The summed E-state index contributed by atoms with van der Waals surface area (Å²) in [6, 6.07) is 0.0270. The number of carbonyl (C=O) groups excluding carboxylic acids is 1. The van der Waals surface area contributed by atoms with Crippen LogP contribution in [0.25, 0.3) is 0 Å². The summed E-state index contributed by atoms with van der Waals surface area (Å²) in [6.07, 6.45) is 4.56. The molecule has 19 heavy (non-hydrogen) atoms. The van der Waals surface area contributed by atoms with E-state index in [1.807, 2.05) is 18.1 Å². The summed E-state index contributed by atoms with van der Waals surface area (Å²) < 4.78 is 15.3. The average Bonchev–Trinajstić information content (AvgIpc) is 2.93. The quantitative estimate of drug-likeness (QED) is 0.796. The molecule has 0 aliphatic carbocycles. The maximum Gasteiger partial charge on any atom is 0.243 e. The molecule has 104 valence electrons. The van der Waals surface area contributed by atoms with Crippen LogP contribution in [0.5, 0.6) is 0 Å². The van der Waals surface area contributed by atoms with Crippen molar-refractivity contribution >= 4 is 5.91 Å². The van der Waals surface area contributed by atoms with Crippen molar-refractivity contribution in [1.29, 1.82) is 0 Å². The molecular weight excluding hydrogens is 247 g/mol. The third kappa shape index (κ3) is 3.64. The number of carbonyl (C=O) groups is 1. The number of alkyl halides is 1. The predicted molar refractivity (Wildman–Crippen MR) is 70.1 cm³/mol. The van der Waals surface area contributed by atoms with E-state index in [9.17, 15) is 9.18 Å². The molecule has 1 aromatic rings. The van der Waals surface area contributed by atoms with Crippen LogP contribution in [0, 0.1) is 0 Å². The van der Waals surface area contributed by atoms with Crippen LogP contribution in [0.2, 0.25) is 0 Å². The molecule has 0 bridgehead atoms. The second-order valence-electron chi connectivity index (χ2n) is 4.89. The first-order chi connectivity index (χ1) is 9.08. The Kier molecular flexibility index (Phi) is 4.31. The summed E-state index contributed by atoms with van der Waals surface area (Å²) in [4.78, 5) is 13.2. The number of amides is 1. The number of aromatic nitrogens is 2. The van der Waals surface area contributed by atoms with Gasteiger partial charge in [0.1, 0.15) is 6.17 Å². The molecule has 1 saturated heterocycles. The predicted octanol–water partition coefficient (Wildman–Crippen LogP) is 0.635. The Morgan fingerprint density at radius 1 is 1.74 bits per heavy atom. The van der Waals surface area contributed by atoms with E-state index >= 15 is 0 Å². The molecule has 6 heteroatoms. The topological polar surface area (TPSA) is 50.2 Å². The highest BCUT2D eigenvalue weighted by Gasteiger charge is 2.32. The molecule has 5 nitrogen and oxygen atoms in total. The lowest BCUT2D eigenvalue weighted by Crippen LogP contribution is -2.39. The van der Waals surface area contributed by atoms with E-state index in [0.717, 1.165) is 5.56 Å². The molecule has 0 saturated carbocycles. The summed E-state index contributed by atoms with van der Waals surface area (Å²) >= 11 is 0. The monoisotopic (exact) mass is 266 g/mol. The summed E-state index contributed by atoms with van der Waals surface area (Å²) in [5.41, 5.74) is 1.05. The number of likely N-dealkylation sites (tertiary alicyclic amines) is 1. The fourth-order valence-electron chi connectivity index (χ4n) is 2.41. The number of aryl methyl sites for hydroxylation is 1. The molecule has 0 spiro atoms. The highest BCUT2D eigenvalue weighted by Crippen LogP contribution is 2.22. The number of nitrogens with one attached hydrogen (secondary N) is 1. The third-order valence-electron chi connectivity index (χ3n) is 3.32. The molecule has 2 atom stereocenters. The van der Waals surface area contributed by atoms with Crippen LogP contribution in [0.1, 0.15) is 12.0 Å². The van der Waals surface area contributed by atoms with Crippen molar-refractivity contribution in [2.75, 3.05) is 13.1 Å². The Morgan fingerprint density at radius 3 is 3.16 bits per heavy atom. The molecule has 0 aromatic carbocycles. The number of hydrogen-bond acceptors (Lipinski definition) is 3. The number of nitrogens with zero attached hydrogens (tertiary/aromatic N) is 3. The fraction of sp³-hybridized carbons (Fsp3) is 0.538. The Bertz CT molecular complexity index is 459. The van der Waals surface area contributed by atoms with Crippen molar-refractivity contribution in [1.82, 2.24) is 20.0 Å². The van der Waals surface area contributed by atoms with E-state index in [2.05, 4.69) is 17.0 Å². The summed E-state index contributed by atoms with van der Waals surface area (Å²) in [7, 11) is 1.85. The molecule has 1 aliphatic rings. The van der Waals surface area contributed by atoms with Gasteiger partial charge in [-0.25, -0.2) is 4.39 Å². The van der Waals surface area contributed by atoms with Gasteiger partial charge in [-0.2, -0.15) is 5.10 Å². The first-order valence-corrected chi connectivity index (χ1v) is 6.34. The van der Waals surface area contributed by atoms with Gasteiger partial charge in [0.15, 0.2) is 0 Å². The third-order valence-corrected chi connectivity index (χ3v) is 3.32. The van der Waals surface area contributed by atoms with E-state index in [0.29, 0.717) is 26.1 Å². The maximum absolute atomic E-state index is 13.5. The molecular formula is C13H19FN4O. The van der Waals surface area contributed by atoms with Gasteiger partial charge in [0.05, 0.1) is 6.20 Å². The van der Waals surface area contributed by atoms with Gasteiger partial charge in [0.25, 0.3) is 0 Å². The second-order valence-corrected chi connectivity index (χ2v) is 4.89. The zero-order chi connectivity index (χ0) is 13.8. The van der Waals surface area contributed by atoms with Crippen LogP contribution in [0.4, 0.5) is 4.39 Å². The molecule has 1 aromatic heterocycles. The van der Waals surface area contributed by atoms with Gasteiger partial charge in [0, 0.05) is 44.5 Å². The standard InChI is InChI=1S/C13H19FN4O/c1-3-13(19)15-6-12-4-11(14)9-18(12)8-10-5-16-17(2)7-10/h3,5,7,11-12H,1,4,6,8-9H2,2H3,(H,15,19)/t11-,12-/m0/s1. The van der Waals surface area contributed by atoms with E-state index in [-0.39, 0.29) is 11.9 Å². The van der Waals surface area contributed by atoms with Crippen molar-refractivity contribution in [3.63, 3.8) is 0 Å². The summed E-state index contributed by atoms with van der Waals surface area (Å²) in [5.74, 6) is -0.219. The number of halogens is 1. The van der Waals surface area contributed by atoms with Crippen LogP contribution in [-0.2, 0) is 18.4 Å². The van der Waals surface area contributed by atoms with Crippen molar-refractivity contribution in [3.05, 3.63) is 30.6 Å². The van der Waals surface area contributed by atoms with Crippen LogP contribution >= 0.6 is 0 Å².